The Labute approximate surface area is 146 Å². The van der Waals surface area contributed by atoms with Crippen LogP contribution in [0.5, 0.6) is 0 Å². The molecule has 3 rings (SSSR count). The molecule has 1 aromatic carbocycles. The number of benzene rings is 1. The molecule has 1 aliphatic heterocycles. The maximum Gasteiger partial charge on any atom is 0.328 e. The van der Waals surface area contributed by atoms with Crippen LogP contribution in [0.3, 0.4) is 0 Å². The van der Waals surface area contributed by atoms with E-state index in [2.05, 4.69) is 10.0 Å². The van der Waals surface area contributed by atoms with E-state index in [1.54, 1.807) is 27.3 Å². The zero-order valence-electron chi connectivity index (χ0n) is 14.7. The van der Waals surface area contributed by atoms with Gasteiger partial charge in [0.1, 0.15) is 0 Å². The molecule has 2 aromatic rings. The van der Waals surface area contributed by atoms with Gasteiger partial charge in [-0.15, -0.1) is 0 Å². The second-order valence-corrected chi connectivity index (χ2v) is 8.39. The number of hydrogen-bond acceptors (Lipinski definition) is 5. The van der Waals surface area contributed by atoms with Crippen molar-refractivity contribution in [1.82, 2.24) is 19.2 Å². The van der Waals surface area contributed by atoms with Crippen molar-refractivity contribution in [1.29, 1.82) is 0 Å². The van der Waals surface area contributed by atoms with Crippen LogP contribution >= 0.6 is 0 Å². The fourth-order valence-corrected chi connectivity index (χ4v) is 4.59. The maximum absolute atomic E-state index is 12.7. The Kier molecular flexibility index (Phi) is 4.76. The maximum atomic E-state index is 12.7. The van der Waals surface area contributed by atoms with Crippen LogP contribution < -0.4 is 15.7 Å². The molecule has 1 fully saturated rings. The third-order valence-electron chi connectivity index (χ3n) is 4.91. The minimum absolute atomic E-state index is 0.145. The number of nitrogens with zero attached hydrogens (tertiary/aromatic N) is 2. The van der Waals surface area contributed by atoms with E-state index >= 15 is 0 Å². The van der Waals surface area contributed by atoms with Crippen LogP contribution in [-0.4, -0.2) is 49.9 Å². The fraction of sp³-hybridized carbons (Fsp3) is 0.562. The first-order chi connectivity index (χ1) is 11.8. The fourth-order valence-electron chi connectivity index (χ4n) is 3.44. The monoisotopic (exact) mass is 368 g/mol. The van der Waals surface area contributed by atoms with Gasteiger partial charge in [-0.3, -0.25) is 9.13 Å². The summed E-state index contributed by atoms with van der Waals surface area (Å²) in [6.07, 6.45) is 1.85. The van der Waals surface area contributed by atoms with Gasteiger partial charge in [0.15, 0.2) is 0 Å². The first-order valence-corrected chi connectivity index (χ1v) is 9.67. The van der Waals surface area contributed by atoms with Crippen LogP contribution in [-0.2, 0) is 28.9 Å². The van der Waals surface area contributed by atoms with Crippen molar-refractivity contribution in [2.75, 3.05) is 26.8 Å². The molecule has 0 radical (unpaired) electrons. The molecular formula is C16H24N4O4S. The largest absolute Gasteiger partial charge is 0.383 e. The van der Waals surface area contributed by atoms with Crippen LogP contribution in [0.25, 0.3) is 11.0 Å². The lowest BCUT2D eigenvalue weighted by atomic mass is 9.99. The molecule has 1 atom stereocenters. The van der Waals surface area contributed by atoms with Crippen molar-refractivity contribution >= 4 is 21.1 Å². The molecule has 9 heteroatoms. The number of aromatic nitrogens is 2. The number of imidazole rings is 1. The van der Waals surface area contributed by atoms with Crippen LogP contribution in [0.1, 0.15) is 12.8 Å². The highest BCUT2D eigenvalue weighted by molar-refractivity contribution is 7.89. The smallest absolute Gasteiger partial charge is 0.328 e. The lowest BCUT2D eigenvalue weighted by Crippen LogP contribution is -2.52. The number of methoxy groups -OCH3 is 1. The molecule has 138 valence electrons. The minimum Gasteiger partial charge on any atom is -0.383 e. The third-order valence-corrected chi connectivity index (χ3v) is 6.31. The highest BCUT2D eigenvalue weighted by Gasteiger charge is 2.34. The Bertz CT molecular complexity index is 939. The van der Waals surface area contributed by atoms with E-state index in [4.69, 9.17) is 4.74 Å². The summed E-state index contributed by atoms with van der Waals surface area (Å²) in [6, 6.07) is 4.71. The molecule has 8 nitrogen and oxygen atoms in total. The normalized spacial score (nSPS) is 21.2. The zero-order valence-corrected chi connectivity index (χ0v) is 15.5. The van der Waals surface area contributed by atoms with E-state index in [-0.39, 0.29) is 22.7 Å². The van der Waals surface area contributed by atoms with Gasteiger partial charge in [0.05, 0.1) is 28.1 Å². The Balaban J connectivity index is 1.88. The van der Waals surface area contributed by atoms with Crippen LogP contribution in [0.15, 0.2) is 27.9 Å². The molecule has 0 saturated carbocycles. The van der Waals surface area contributed by atoms with Crippen LogP contribution in [0.4, 0.5) is 0 Å². The quantitative estimate of drug-likeness (QED) is 0.744. The summed E-state index contributed by atoms with van der Waals surface area (Å²) < 4.78 is 36.3. The summed E-state index contributed by atoms with van der Waals surface area (Å²) in [4.78, 5) is 12.1. The standard InChI is InChI=1S/C16H24N4O4S/c1-19-13-6-5-12(9-14(13)20(2)15(19)21)25(22,23)18-10-16(11-24-3)7-4-8-17-16/h5-6,9,17-18H,4,7-8,10-11H2,1-3H3. The van der Waals surface area contributed by atoms with E-state index in [0.29, 0.717) is 17.6 Å². The van der Waals surface area contributed by atoms with E-state index in [0.717, 1.165) is 19.4 Å². The first-order valence-electron chi connectivity index (χ1n) is 8.19. The van der Waals surface area contributed by atoms with Crippen LogP contribution in [0.2, 0.25) is 0 Å². The van der Waals surface area contributed by atoms with Gasteiger partial charge < -0.3 is 10.1 Å². The summed E-state index contributed by atoms with van der Waals surface area (Å²) in [7, 11) is 1.22. The number of rotatable bonds is 6. The Morgan fingerprint density at radius 3 is 2.64 bits per heavy atom. The van der Waals surface area contributed by atoms with Gasteiger partial charge >= 0.3 is 5.69 Å². The Morgan fingerprint density at radius 2 is 2.00 bits per heavy atom. The first kappa shape index (κ1) is 18.1. The van der Waals surface area contributed by atoms with Crippen molar-refractivity contribution in [3.8, 4) is 0 Å². The molecule has 2 heterocycles. The molecule has 0 spiro atoms. The molecule has 1 aliphatic rings. The predicted octanol–water partition coefficient (Wildman–Crippen LogP) is -0.0761. The van der Waals surface area contributed by atoms with Gasteiger partial charge in [-0.25, -0.2) is 17.9 Å². The van der Waals surface area contributed by atoms with E-state index < -0.39 is 10.0 Å². The number of nitrogens with one attached hydrogen (secondary N) is 2. The van der Waals surface area contributed by atoms with E-state index in [9.17, 15) is 13.2 Å². The Hall–Kier alpha value is -1.68. The van der Waals surface area contributed by atoms with Gasteiger partial charge in [0.2, 0.25) is 10.0 Å². The molecule has 0 aliphatic carbocycles. The van der Waals surface area contributed by atoms with E-state index in [1.165, 1.54) is 21.3 Å². The lowest BCUT2D eigenvalue weighted by Gasteiger charge is -2.28. The topological polar surface area (TPSA) is 94.4 Å². The molecule has 1 unspecified atom stereocenters. The minimum atomic E-state index is -3.69. The van der Waals surface area contributed by atoms with E-state index in [1.807, 2.05) is 0 Å². The molecular weight excluding hydrogens is 344 g/mol. The Morgan fingerprint density at radius 1 is 1.28 bits per heavy atom. The van der Waals surface area contributed by atoms with Gasteiger partial charge in [-0.2, -0.15) is 0 Å². The number of hydrogen-bond donors (Lipinski definition) is 2. The summed E-state index contributed by atoms with van der Waals surface area (Å²) in [6.45, 7) is 1.56. The zero-order chi connectivity index (χ0) is 18.2. The number of sulfonamides is 1. The molecule has 1 aromatic heterocycles. The number of ether oxygens (including phenoxy) is 1. The van der Waals surface area contributed by atoms with Gasteiger partial charge in [0, 0.05) is 27.7 Å². The molecule has 1 saturated heterocycles. The average Bonchev–Trinajstić information content (AvgIpc) is 3.14. The summed E-state index contributed by atoms with van der Waals surface area (Å²) in [5, 5.41) is 3.34. The average molecular weight is 368 g/mol. The van der Waals surface area contributed by atoms with Crippen molar-refractivity contribution in [2.24, 2.45) is 14.1 Å². The lowest BCUT2D eigenvalue weighted by molar-refractivity contribution is 0.122. The predicted molar refractivity (Wildman–Crippen MR) is 95.2 cm³/mol. The molecule has 0 amide bonds. The third kappa shape index (κ3) is 3.24. The SMILES string of the molecule is COCC1(CNS(=O)(=O)c2ccc3c(c2)n(C)c(=O)n3C)CCCN1. The van der Waals surface area contributed by atoms with Gasteiger partial charge in [-0.05, 0) is 37.6 Å². The van der Waals surface area contributed by atoms with Crippen molar-refractivity contribution < 1.29 is 13.2 Å². The van der Waals surface area contributed by atoms with Crippen molar-refractivity contribution in [3.05, 3.63) is 28.7 Å². The van der Waals surface area contributed by atoms with Gasteiger partial charge in [-0.1, -0.05) is 0 Å². The van der Waals surface area contributed by atoms with Crippen molar-refractivity contribution in [2.45, 2.75) is 23.3 Å². The number of aryl methyl sites for hydroxylation is 2. The molecule has 25 heavy (non-hydrogen) atoms. The molecule has 0 bridgehead atoms. The summed E-state index contributed by atoms with van der Waals surface area (Å²) in [5.74, 6) is 0. The second-order valence-electron chi connectivity index (χ2n) is 6.62. The second kappa shape index (κ2) is 6.56. The number of fused-ring (bicyclic) bond motifs is 1. The van der Waals surface area contributed by atoms with Gasteiger partial charge in [0.25, 0.3) is 0 Å². The highest BCUT2D eigenvalue weighted by atomic mass is 32.2. The summed E-state index contributed by atoms with van der Waals surface area (Å²) >= 11 is 0. The summed E-state index contributed by atoms with van der Waals surface area (Å²) in [5.41, 5.74) is 0.721. The van der Waals surface area contributed by atoms with Crippen molar-refractivity contribution in [3.63, 3.8) is 0 Å². The van der Waals surface area contributed by atoms with Crippen LogP contribution in [0, 0.1) is 0 Å². The highest BCUT2D eigenvalue weighted by Crippen LogP contribution is 2.21. The molecule has 2 N–H and O–H groups in total.